The fraction of sp³-hybridized carbons (Fsp3) is 0.105. The van der Waals surface area contributed by atoms with Crippen molar-refractivity contribution in [1.29, 1.82) is 0 Å². The Morgan fingerprint density at radius 2 is 1.85 bits per heavy atom. The summed E-state index contributed by atoms with van der Waals surface area (Å²) in [6.07, 6.45) is 1.47. The van der Waals surface area contributed by atoms with Gasteiger partial charge in [-0.25, -0.2) is 13.4 Å². The molecule has 7 heteroatoms. The Hall–Kier alpha value is -2.57. The van der Waals surface area contributed by atoms with Crippen LogP contribution in [0.4, 0.5) is 11.5 Å². The number of nitrogens with zero attached hydrogens (tertiary/aromatic N) is 1. The van der Waals surface area contributed by atoms with Crippen LogP contribution in [-0.4, -0.2) is 13.4 Å². The first kappa shape index (κ1) is 18.2. The van der Waals surface area contributed by atoms with Crippen molar-refractivity contribution in [2.45, 2.75) is 18.4 Å². The van der Waals surface area contributed by atoms with Crippen molar-refractivity contribution in [3.05, 3.63) is 83.0 Å². The number of nitrogens with one attached hydrogen (secondary N) is 2. The molecule has 1 aromatic heterocycles. The second-order valence-electron chi connectivity index (χ2n) is 5.80. The molecule has 0 aliphatic rings. The molecule has 3 aromatic rings. The standard InChI is InChI=1S/C19H18ClN3O2S/c1-14-5-4-7-17(11-14)26(24,25)23-16-9-10-19(22-13-16)21-12-15-6-2-3-8-18(15)20/h2-11,13,23H,12H2,1H3,(H,21,22). The van der Waals surface area contributed by atoms with E-state index in [0.29, 0.717) is 23.1 Å². The van der Waals surface area contributed by atoms with Crippen LogP contribution in [0.3, 0.4) is 0 Å². The van der Waals surface area contributed by atoms with E-state index in [1.807, 2.05) is 37.3 Å². The van der Waals surface area contributed by atoms with Gasteiger partial charge in [0, 0.05) is 11.6 Å². The Balaban J connectivity index is 1.67. The van der Waals surface area contributed by atoms with Gasteiger partial charge >= 0.3 is 0 Å². The van der Waals surface area contributed by atoms with Crippen molar-refractivity contribution in [2.24, 2.45) is 0 Å². The second-order valence-corrected chi connectivity index (χ2v) is 7.89. The minimum Gasteiger partial charge on any atom is -0.366 e. The van der Waals surface area contributed by atoms with Crippen LogP contribution < -0.4 is 10.0 Å². The maximum absolute atomic E-state index is 12.4. The van der Waals surface area contributed by atoms with Gasteiger partial charge in [-0.15, -0.1) is 0 Å². The third-order valence-electron chi connectivity index (χ3n) is 3.73. The number of aromatic nitrogens is 1. The smallest absolute Gasteiger partial charge is 0.261 e. The molecule has 1 heterocycles. The molecule has 0 atom stereocenters. The van der Waals surface area contributed by atoms with E-state index in [0.717, 1.165) is 11.1 Å². The van der Waals surface area contributed by atoms with E-state index < -0.39 is 10.0 Å². The molecule has 2 N–H and O–H groups in total. The zero-order valence-corrected chi connectivity index (χ0v) is 15.7. The van der Waals surface area contributed by atoms with Crippen molar-refractivity contribution >= 4 is 33.1 Å². The van der Waals surface area contributed by atoms with E-state index in [2.05, 4.69) is 15.0 Å². The monoisotopic (exact) mass is 387 g/mol. The fourth-order valence-corrected chi connectivity index (χ4v) is 3.73. The molecule has 0 fully saturated rings. The maximum atomic E-state index is 12.4. The van der Waals surface area contributed by atoms with Gasteiger partial charge in [-0.1, -0.05) is 41.9 Å². The molecule has 0 unspecified atom stereocenters. The lowest BCUT2D eigenvalue weighted by atomic mass is 10.2. The topological polar surface area (TPSA) is 71.1 Å². The number of benzene rings is 2. The van der Waals surface area contributed by atoms with E-state index in [1.54, 1.807) is 30.3 Å². The Morgan fingerprint density at radius 3 is 2.54 bits per heavy atom. The third kappa shape index (κ3) is 4.53. The molecule has 0 aliphatic carbocycles. The molecule has 0 aliphatic heterocycles. The first-order chi connectivity index (χ1) is 12.4. The molecular formula is C19H18ClN3O2S. The first-order valence-electron chi connectivity index (χ1n) is 7.97. The van der Waals surface area contributed by atoms with Crippen LogP contribution in [0.15, 0.2) is 71.8 Å². The molecule has 5 nitrogen and oxygen atoms in total. The first-order valence-corrected chi connectivity index (χ1v) is 9.83. The van der Waals surface area contributed by atoms with Gasteiger partial charge in [0.15, 0.2) is 0 Å². The number of pyridine rings is 1. The Morgan fingerprint density at radius 1 is 1.04 bits per heavy atom. The molecule has 134 valence electrons. The quantitative estimate of drug-likeness (QED) is 0.655. The van der Waals surface area contributed by atoms with Crippen molar-refractivity contribution in [2.75, 3.05) is 10.0 Å². The van der Waals surface area contributed by atoms with Gasteiger partial charge in [-0.2, -0.15) is 0 Å². The fourth-order valence-electron chi connectivity index (χ4n) is 2.38. The van der Waals surface area contributed by atoms with Crippen LogP contribution in [0.2, 0.25) is 5.02 Å². The highest BCUT2D eigenvalue weighted by atomic mass is 35.5. The van der Waals surface area contributed by atoms with Crippen LogP contribution in [0.5, 0.6) is 0 Å². The highest BCUT2D eigenvalue weighted by molar-refractivity contribution is 7.92. The summed E-state index contributed by atoms with van der Waals surface area (Å²) in [6.45, 7) is 2.38. The third-order valence-corrected chi connectivity index (χ3v) is 5.48. The lowest BCUT2D eigenvalue weighted by molar-refractivity contribution is 0.601. The SMILES string of the molecule is Cc1cccc(S(=O)(=O)Nc2ccc(NCc3ccccc3Cl)nc2)c1. The summed E-state index contributed by atoms with van der Waals surface area (Å²) in [5.74, 6) is 0.628. The largest absolute Gasteiger partial charge is 0.366 e. The van der Waals surface area contributed by atoms with E-state index in [4.69, 9.17) is 11.6 Å². The van der Waals surface area contributed by atoms with Gasteiger partial charge in [0.25, 0.3) is 10.0 Å². The number of rotatable bonds is 6. The van der Waals surface area contributed by atoms with E-state index in [-0.39, 0.29) is 4.90 Å². The molecule has 0 bridgehead atoms. The van der Waals surface area contributed by atoms with Gasteiger partial charge in [0.05, 0.1) is 16.8 Å². The minimum absolute atomic E-state index is 0.221. The van der Waals surface area contributed by atoms with Crippen LogP contribution in [0.25, 0.3) is 0 Å². The maximum Gasteiger partial charge on any atom is 0.261 e. The highest BCUT2D eigenvalue weighted by Gasteiger charge is 2.14. The molecule has 0 amide bonds. The van der Waals surface area contributed by atoms with Crippen LogP contribution in [-0.2, 0) is 16.6 Å². The van der Waals surface area contributed by atoms with Crippen LogP contribution in [0.1, 0.15) is 11.1 Å². The number of halogens is 1. The van der Waals surface area contributed by atoms with Gasteiger partial charge in [-0.05, 0) is 48.4 Å². The highest BCUT2D eigenvalue weighted by Crippen LogP contribution is 2.19. The Kier molecular flexibility index (Phi) is 5.44. The van der Waals surface area contributed by atoms with Gasteiger partial charge in [-0.3, -0.25) is 4.72 Å². The Bertz CT molecular complexity index is 1010. The summed E-state index contributed by atoms with van der Waals surface area (Å²) in [5.41, 5.74) is 2.24. The number of anilines is 2. The number of aryl methyl sites for hydroxylation is 1. The molecule has 0 saturated carbocycles. The molecular weight excluding hydrogens is 370 g/mol. The van der Waals surface area contributed by atoms with Crippen LogP contribution in [0, 0.1) is 6.92 Å². The van der Waals surface area contributed by atoms with Gasteiger partial charge in [0.2, 0.25) is 0 Å². The zero-order valence-electron chi connectivity index (χ0n) is 14.1. The van der Waals surface area contributed by atoms with E-state index >= 15 is 0 Å². The van der Waals surface area contributed by atoms with Crippen LogP contribution >= 0.6 is 11.6 Å². The normalized spacial score (nSPS) is 11.2. The summed E-state index contributed by atoms with van der Waals surface area (Å²) in [4.78, 5) is 4.46. The van der Waals surface area contributed by atoms with Crippen molar-refractivity contribution in [1.82, 2.24) is 4.98 Å². The minimum atomic E-state index is -3.64. The van der Waals surface area contributed by atoms with Crippen molar-refractivity contribution in [3.63, 3.8) is 0 Å². The molecule has 0 spiro atoms. The predicted molar refractivity (Wildman–Crippen MR) is 105 cm³/mol. The zero-order chi connectivity index (χ0) is 18.6. The molecule has 3 rings (SSSR count). The lowest BCUT2D eigenvalue weighted by Gasteiger charge is -2.10. The number of hydrogen-bond donors (Lipinski definition) is 2. The molecule has 26 heavy (non-hydrogen) atoms. The predicted octanol–water partition coefficient (Wildman–Crippen LogP) is 4.46. The summed E-state index contributed by atoms with van der Waals surface area (Å²) in [6, 6.07) is 17.7. The molecule has 0 saturated heterocycles. The molecule has 2 aromatic carbocycles. The number of hydrogen-bond acceptors (Lipinski definition) is 4. The van der Waals surface area contributed by atoms with E-state index in [9.17, 15) is 8.42 Å². The second kappa shape index (κ2) is 7.76. The summed E-state index contributed by atoms with van der Waals surface area (Å²) >= 11 is 6.12. The average Bonchev–Trinajstić information content (AvgIpc) is 2.62. The lowest BCUT2D eigenvalue weighted by Crippen LogP contribution is -2.13. The van der Waals surface area contributed by atoms with Gasteiger partial charge in [0.1, 0.15) is 5.82 Å². The van der Waals surface area contributed by atoms with E-state index in [1.165, 1.54) is 6.20 Å². The average molecular weight is 388 g/mol. The Labute approximate surface area is 158 Å². The summed E-state index contributed by atoms with van der Waals surface area (Å²) in [5, 5.41) is 3.84. The summed E-state index contributed by atoms with van der Waals surface area (Å²) < 4.78 is 27.4. The van der Waals surface area contributed by atoms with Crippen molar-refractivity contribution < 1.29 is 8.42 Å². The number of sulfonamides is 1. The molecule has 0 radical (unpaired) electrons. The van der Waals surface area contributed by atoms with Gasteiger partial charge < -0.3 is 5.32 Å². The summed E-state index contributed by atoms with van der Waals surface area (Å²) in [7, 11) is -3.64. The van der Waals surface area contributed by atoms with Crippen molar-refractivity contribution in [3.8, 4) is 0 Å².